The maximum atomic E-state index is 14.5. The molecule has 7 heteroatoms. The molecular formula is C20H29ClF2N2O2. The number of piperidine rings is 1. The Labute approximate surface area is 165 Å². The monoisotopic (exact) mass is 402 g/mol. The molecule has 0 aliphatic carbocycles. The highest BCUT2D eigenvalue weighted by Gasteiger charge is 2.30. The summed E-state index contributed by atoms with van der Waals surface area (Å²) < 4.78 is 31.6. The Balaban J connectivity index is 1.84. The first kappa shape index (κ1) is 21.9. The largest absolute Gasteiger partial charge is 0.463 e. The molecule has 1 N–H and O–H groups in total. The third-order valence-corrected chi connectivity index (χ3v) is 5.04. The molecule has 1 saturated heterocycles. The van der Waals surface area contributed by atoms with Gasteiger partial charge in [-0.15, -0.1) is 0 Å². The first-order valence-corrected chi connectivity index (χ1v) is 9.70. The number of amides is 1. The predicted octanol–water partition coefficient (Wildman–Crippen LogP) is 4.47. The molecule has 152 valence electrons. The lowest BCUT2D eigenvalue weighted by Gasteiger charge is -2.36. The summed E-state index contributed by atoms with van der Waals surface area (Å²) in [7, 11) is 0. The Bertz CT molecular complexity index is 637. The summed E-state index contributed by atoms with van der Waals surface area (Å²) in [6.45, 7) is 7.94. The Morgan fingerprint density at radius 1 is 1.37 bits per heavy atom. The number of carbonyl (C=O) groups is 1. The van der Waals surface area contributed by atoms with E-state index in [0.29, 0.717) is 13.0 Å². The lowest BCUT2D eigenvalue weighted by atomic mass is 9.90. The molecule has 0 aromatic heterocycles. The van der Waals surface area contributed by atoms with Gasteiger partial charge in [0.15, 0.2) is 0 Å². The van der Waals surface area contributed by atoms with E-state index < -0.39 is 13.0 Å². The van der Waals surface area contributed by atoms with Crippen molar-refractivity contribution in [1.29, 1.82) is 0 Å². The summed E-state index contributed by atoms with van der Waals surface area (Å²) in [6.07, 6.45) is 0.764. The number of alkyl halides is 2. The molecule has 1 heterocycles. The molecule has 2 rings (SSSR count). The van der Waals surface area contributed by atoms with Crippen LogP contribution in [0.1, 0.15) is 44.0 Å². The first-order valence-electron chi connectivity index (χ1n) is 9.32. The number of carbonyl (C=O) groups excluding carboxylic acids is 1. The van der Waals surface area contributed by atoms with Crippen molar-refractivity contribution < 1.29 is 18.3 Å². The van der Waals surface area contributed by atoms with Crippen LogP contribution in [-0.4, -0.2) is 50.0 Å². The summed E-state index contributed by atoms with van der Waals surface area (Å²) in [6, 6.07) is 4.33. The molecule has 1 aromatic carbocycles. The van der Waals surface area contributed by atoms with Crippen LogP contribution in [0.2, 0.25) is 5.02 Å². The average molecular weight is 403 g/mol. The van der Waals surface area contributed by atoms with Gasteiger partial charge in [-0.3, -0.25) is 4.79 Å². The molecule has 2 atom stereocenters. The fraction of sp³-hybridized carbons (Fsp3) is 0.650. The van der Waals surface area contributed by atoms with Crippen LogP contribution in [0, 0.1) is 11.3 Å². The number of benzene rings is 1. The fourth-order valence-corrected chi connectivity index (χ4v) is 3.33. The van der Waals surface area contributed by atoms with E-state index in [9.17, 15) is 13.6 Å². The lowest BCUT2D eigenvalue weighted by Crippen LogP contribution is -2.46. The van der Waals surface area contributed by atoms with E-state index >= 15 is 0 Å². The Hall–Kier alpha value is -1.40. The van der Waals surface area contributed by atoms with Crippen molar-refractivity contribution in [3.8, 4) is 5.75 Å². The van der Waals surface area contributed by atoms with Crippen LogP contribution in [-0.2, 0) is 0 Å². The van der Waals surface area contributed by atoms with Gasteiger partial charge in [0, 0.05) is 29.6 Å². The molecule has 0 spiro atoms. The van der Waals surface area contributed by atoms with Gasteiger partial charge in [0.1, 0.15) is 11.9 Å². The van der Waals surface area contributed by atoms with Gasteiger partial charge in [0.05, 0.1) is 0 Å². The number of nitrogens with zero attached hydrogens (tertiary/aromatic N) is 1. The highest BCUT2D eigenvalue weighted by Crippen LogP contribution is 2.25. The molecule has 0 saturated carbocycles. The molecule has 27 heavy (non-hydrogen) atoms. The SMILES string of the molecule is CC(C)(C)CCN1CC[C@H](CNC(=O)c2cc(Cl)cc(OCF)c2)[C@H](F)C1. The number of rotatable bonds is 7. The number of hydrogen-bond acceptors (Lipinski definition) is 3. The van der Waals surface area contributed by atoms with Gasteiger partial charge in [-0.25, -0.2) is 8.78 Å². The number of halogens is 3. The second-order valence-corrected chi connectivity index (χ2v) is 8.75. The highest BCUT2D eigenvalue weighted by atomic mass is 35.5. The molecule has 1 amide bonds. The van der Waals surface area contributed by atoms with Crippen molar-refractivity contribution in [2.24, 2.45) is 11.3 Å². The zero-order chi connectivity index (χ0) is 20.0. The quantitative estimate of drug-likeness (QED) is 0.731. The van der Waals surface area contributed by atoms with E-state index in [-0.39, 0.29) is 40.1 Å². The number of likely N-dealkylation sites (tertiary alicyclic amines) is 1. The van der Waals surface area contributed by atoms with Crippen LogP contribution < -0.4 is 10.1 Å². The van der Waals surface area contributed by atoms with E-state index in [1.807, 2.05) is 0 Å². The van der Waals surface area contributed by atoms with E-state index in [1.54, 1.807) is 0 Å². The molecule has 4 nitrogen and oxygen atoms in total. The zero-order valence-electron chi connectivity index (χ0n) is 16.2. The second kappa shape index (κ2) is 9.69. The number of ether oxygens (including phenoxy) is 1. The van der Waals surface area contributed by atoms with E-state index in [0.717, 1.165) is 19.5 Å². The third kappa shape index (κ3) is 7.26. The van der Waals surface area contributed by atoms with Gasteiger partial charge in [-0.05, 0) is 49.5 Å². The molecule has 1 aliphatic heterocycles. The molecule has 0 radical (unpaired) electrons. The van der Waals surface area contributed by atoms with Gasteiger partial charge in [-0.2, -0.15) is 0 Å². The number of nitrogens with one attached hydrogen (secondary N) is 1. The normalized spacial score (nSPS) is 21.1. The first-order chi connectivity index (χ1) is 12.7. The summed E-state index contributed by atoms with van der Waals surface area (Å²) in [4.78, 5) is 14.5. The lowest BCUT2D eigenvalue weighted by molar-refractivity contribution is 0.0724. The van der Waals surface area contributed by atoms with Gasteiger partial charge in [-0.1, -0.05) is 32.4 Å². The summed E-state index contributed by atoms with van der Waals surface area (Å²) in [5.41, 5.74) is 0.502. The minimum absolute atomic E-state index is 0.186. The standard InChI is InChI=1S/C20H29ClF2N2O2/c1-20(2,3)5-7-25-6-4-14(18(23)12-25)11-24-19(26)15-8-16(21)10-17(9-15)27-13-22/h8-10,14,18H,4-7,11-13H2,1-3H3,(H,24,26)/t14-,18-/m1/s1. The van der Waals surface area contributed by atoms with Crippen molar-refractivity contribution in [2.45, 2.75) is 39.8 Å². The minimum Gasteiger partial charge on any atom is -0.463 e. The van der Waals surface area contributed by atoms with Crippen molar-refractivity contribution in [1.82, 2.24) is 10.2 Å². The van der Waals surface area contributed by atoms with Crippen LogP contribution in [0.5, 0.6) is 5.75 Å². The van der Waals surface area contributed by atoms with Crippen molar-refractivity contribution in [2.75, 3.05) is 33.0 Å². The van der Waals surface area contributed by atoms with Crippen LogP contribution in [0.4, 0.5) is 8.78 Å². The van der Waals surface area contributed by atoms with Crippen LogP contribution >= 0.6 is 11.6 Å². The maximum Gasteiger partial charge on any atom is 0.251 e. The smallest absolute Gasteiger partial charge is 0.251 e. The zero-order valence-corrected chi connectivity index (χ0v) is 17.0. The molecule has 1 aliphatic rings. The van der Waals surface area contributed by atoms with Crippen molar-refractivity contribution >= 4 is 17.5 Å². The van der Waals surface area contributed by atoms with Crippen LogP contribution in [0.15, 0.2) is 18.2 Å². The summed E-state index contributed by atoms with van der Waals surface area (Å²) >= 11 is 5.93. The Kier molecular flexibility index (Phi) is 7.86. The number of hydrogen-bond donors (Lipinski definition) is 1. The molecule has 1 fully saturated rings. The van der Waals surface area contributed by atoms with Gasteiger partial charge < -0.3 is 15.0 Å². The molecule has 0 bridgehead atoms. The van der Waals surface area contributed by atoms with Crippen LogP contribution in [0.3, 0.4) is 0 Å². The second-order valence-electron chi connectivity index (χ2n) is 8.32. The summed E-state index contributed by atoms with van der Waals surface area (Å²) in [5, 5.41) is 3.04. The van der Waals surface area contributed by atoms with E-state index in [2.05, 4.69) is 31.0 Å². The van der Waals surface area contributed by atoms with Gasteiger partial charge >= 0.3 is 0 Å². The topological polar surface area (TPSA) is 41.6 Å². The fourth-order valence-electron chi connectivity index (χ4n) is 3.11. The molecule has 0 unspecified atom stereocenters. The van der Waals surface area contributed by atoms with Crippen molar-refractivity contribution in [3.63, 3.8) is 0 Å². The van der Waals surface area contributed by atoms with Gasteiger partial charge in [0.2, 0.25) is 6.86 Å². The molecule has 1 aromatic rings. The van der Waals surface area contributed by atoms with Crippen LogP contribution in [0.25, 0.3) is 0 Å². The minimum atomic E-state index is -1.00. The highest BCUT2D eigenvalue weighted by molar-refractivity contribution is 6.31. The Morgan fingerprint density at radius 3 is 2.74 bits per heavy atom. The molecular weight excluding hydrogens is 374 g/mol. The van der Waals surface area contributed by atoms with Crippen molar-refractivity contribution in [3.05, 3.63) is 28.8 Å². The maximum absolute atomic E-state index is 14.5. The summed E-state index contributed by atoms with van der Waals surface area (Å²) in [5.74, 6) is -0.394. The van der Waals surface area contributed by atoms with E-state index in [4.69, 9.17) is 16.3 Å². The average Bonchev–Trinajstić information content (AvgIpc) is 2.58. The van der Waals surface area contributed by atoms with E-state index in [1.165, 1.54) is 18.2 Å². The van der Waals surface area contributed by atoms with Gasteiger partial charge in [0.25, 0.3) is 5.91 Å². The predicted molar refractivity (Wildman–Crippen MR) is 104 cm³/mol. The Morgan fingerprint density at radius 2 is 2.11 bits per heavy atom. The third-order valence-electron chi connectivity index (χ3n) is 4.82.